The zero-order valence-corrected chi connectivity index (χ0v) is 15.0. The molecule has 0 saturated carbocycles. The van der Waals surface area contributed by atoms with Crippen LogP contribution in [-0.4, -0.2) is 35.3 Å². The Morgan fingerprint density at radius 3 is 2.60 bits per heavy atom. The Hall–Kier alpha value is -2.53. The zero-order valence-electron chi connectivity index (χ0n) is 14.2. The van der Waals surface area contributed by atoms with E-state index < -0.39 is 0 Å². The highest BCUT2D eigenvalue weighted by Crippen LogP contribution is 2.36. The summed E-state index contributed by atoms with van der Waals surface area (Å²) < 4.78 is 0. The van der Waals surface area contributed by atoms with Crippen molar-refractivity contribution in [3.05, 3.63) is 40.3 Å². The maximum Gasteiger partial charge on any atom is 0.163 e. The number of hydrogen-bond donors (Lipinski definition) is 2. The SMILES string of the molecule is Cc1c(C#N)sc2nc(-c3ccc(CN)cc3)nc(N(C)CCO)c12. The van der Waals surface area contributed by atoms with E-state index in [1.54, 1.807) is 0 Å². The van der Waals surface area contributed by atoms with Crippen molar-refractivity contribution in [1.82, 2.24) is 9.97 Å². The second-order valence-electron chi connectivity index (χ2n) is 5.77. The zero-order chi connectivity index (χ0) is 18.0. The number of aryl methyl sites for hydroxylation is 1. The van der Waals surface area contributed by atoms with Gasteiger partial charge in [-0.2, -0.15) is 5.26 Å². The molecule has 0 radical (unpaired) electrons. The molecule has 128 valence electrons. The smallest absolute Gasteiger partial charge is 0.163 e. The molecule has 0 unspecified atom stereocenters. The number of rotatable bonds is 5. The van der Waals surface area contributed by atoms with Gasteiger partial charge in [0.25, 0.3) is 0 Å². The molecule has 25 heavy (non-hydrogen) atoms. The molecule has 0 spiro atoms. The topological polar surface area (TPSA) is 99.1 Å². The highest BCUT2D eigenvalue weighted by atomic mass is 32.1. The molecule has 0 bridgehead atoms. The van der Waals surface area contributed by atoms with Crippen molar-refractivity contribution < 1.29 is 5.11 Å². The van der Waals surface area contributed by atoms with Crippen LogP contribution in [0.3, 0.4) is 0 Å². The van der Waals surface area contributed by atoms with Crippen molar-refractivity contribution >= 4 is 27.4 Å². The molecular formula is C18H19N5OS. The van der Waals surface area contributed by atoms with Gasteiger partial charge in [0.05, 0.1) is 12.0 Å². The molecule has 0 fully saturated rings. The fourth-order valence-electron chi connectivity index (χ4n) is 2.68. The number of likely N-dealkylation sites (N-methyl/N-ethyl adjacent to an activating group) is 1. The lowest BCUT2D eigenvalue weighted by Crippen LogP contribution is -2.23. The van der Waals surface area contributed by atoms with Crippen LogP contribution in [0.4, 0.5) is 5.82 Å². The quantitative estimate of drug-likeness (QED) is 0.731. The van der Waals surface area contributed by atoms with Crippen LogP contribution >= 0.6 is 11.3 Å². The molecule has 0 amide bonds. The summed E-state index contributed by atoms with van der Waals surface area (Å²) in [6, 6.07) is 10.0. The summed E-state index contributed by atoms with van der Waals surface area (Å²) in [5, 5.41) is 19.5. The monoisotopic (exact) mass is 353 g/mol. The van der Waals surface area contributed by atoms with E-state index in [-0.39, 0.29) is 6.61 Å². The maximum atomic E-state index is 9.34. The van der Waals surface area contributed by atoms with Gasteiger partial charge >= 0.3 is 0 Å². The van der Waals surface area contributed by atoms with E-state index in [0.717, 1.165) is 32.7 Å². The van der Waals surface area contributed by atoms with Crippen molar-refractivity contribution in [1.29, 1.82) is 5.26 Å². The van der Waals surface area contributed by atoms with Gasteiger partial charge in [-0.1, -0.05) is 24.3 Å². The Morgan fingerprint density at radius 2 is 2.00 bits per heavy atom. The Kier molecular flexibility index (Phi) is 4.95. The summed E-state index contributed by atoms with van der Waals surface area (Å²) in [6.45, 7) is 2.87. The van der Waals surface area contributed by atoms with Crippen LogP contribution in [0.15, 0.2) is 24.3 Å². The van der Waals surface area contributed by atoms with Crippen LogP contribution in [0.5, 0.6) is 0 Å². The third-order valence-corrected chi connectivity index (χ3v) is 5.21. The van der Waals surface area contributed by atoms with Gasteiger partial charge < -0.3 is 15.7 Å². The first kappa shape index (κ1) is 17.3. The molecule has 2 heterocycles. The van der Waals surface area contributed by atoms with Gasteiger partial charge in [-0.05, 0) is 18.1 Å². The van der Waals surface area contributed by atoms with Crippen molar-refractivity contribution in [2.24, 2.45) is 5.73 Å². The maximum absolute atomic E-state index is 9.34. The predicted octanol–water partition coefficient (Wildman–Crippen LogP) is 2.43. The summed E-state index contributed by atoms with van der Waals surface area (Å²) in [4.78, 5) is 12.7. The summed E-state index contributed by atoms with van der Waals surface area (Å²) in [7, 11) is 1.88. The van der Waals surface area contributed by atoms with Gasteiger partial charge in [-0.25, -0.2) is 9.97 Å². The van der Waals surface area contributed by atoms with Gasteiger partial charge in [0, 0.05) is 25.7 Å². The van der Waals surface area contributed by atoms with Gasteiger partial charge in [-0.3, -0.25) is 0 Å². The Bertz CT molecular complexity index is 943. The highest BCUT2D eigenvalue weighted by molar-refractivity contribution is 7.19. The molecule has 1 aromatic carbocycles. The van der Waals surface area contributed by atoms with Crippen LogP contribution in [-0.2, 0) is 6.54 Å². The predicted molar refractivity (Wildman–Crippen MR) is 101 cm³/mol. The first-order valence-corrected chi connectivity index (χ1v) is 8.73. The lowest BCUT2D eigenvalue weighted by molar-refractivity contribution is 0.304. The fourth-order valence-corrected chi connectivity index (χ4v) is 3.65. The summed E-state index contributed by atoms with van der Waals surface area (Å²) in [5.41, 5.74) is 8.47. The van der Waals surface area contributed by atoms with E-state index >= 15 is 0 Å². The van der Waals surface area contributed by atoms with Crippen molar-refractivity contribution in [2.45, 2.75) is 13.5 Å². The molecule has 0 aliphatic heterocycles. The average molecular weight is 353 g/mol. The van der Waals surface area contributed by atoms with E-state index in [1.807, 2.05) is 43.1 Å². The van der Waals surface area contributed by atoms with E-state index in [9.17, 15) is 10.4 Å². The van der Waals surface area contributed by atoms with E-state index in [0.29, 0.717) is 23.8 Å². The number of aliphatic hydroxyl groups is 1. The molecule has 0 saturated heterocycles. The number of nitriles is 1. The van der Waals surface area contributed by atoms with E-state index in [2.05, 4.69) is 11.1 Å². The third-order valence-electron chi connectivity index (χ3n) is 4.12. The molecule has 3 aromatic rings. The number of nitrogens with zero attached hydrogens (tertiary/aromatic N) is 4. The summed E-state index contributed by atoms with van der Waals surface area (Å²) >= 11 is 1.37. The summed E-state index contributed by atoms with van der Waals surface area (Å²) in [5.74, 6) is 1.33. The third kappa shape index (κ3) is 3.20. The van der Waals surface area contributed by atoms with Crippen LogP contribution in [0.2, 0.25) is 0 Å². The molecule has 3 N–H and O–H groups in total. The van der Waals surface area contributed by atoms with Gasteiger partial charge in [0.2, 0.25) is 0 Å². The molecular weight excluding hydrogens is 334 g/mol. The number of aliphatic hydroxyl groups excluding tert-OH is 1. The van der Waals surface area contributed by atoms with Crippen molar-refractivity contribution in [2.75, 3.05) is 25.1 Å². The Morgan fingerprint density at radius 1 is 1.28 bits per heavy atom. The minimum absolute atomic E-state index is 0.0246. The van der Waals surface area contributed by atoms with Crippen LogP contribution in [0.25, 0.3) is 21.6 Å². The number of nitrogens with two attached hydrogens (primary N) is 1. The number of thiophene rings is 1. The number of benzene rings is 1. The molecule has 0 aliphatic rings. The van der Waals surface area contributed by atoms with Crippen LogP contribution in [0, 0.1) is 18.3 Å². The van der Waals surface area contributed by atoms with Crippen molar-refractivity contribution in [3.8, 4) is 17.5 Å². The molecule has 6 nitrogen and oxygen atoms in total. The minimum Gasteiger partial charge on any atom is -0.395 e. The molecule has 7 heteroatoms. The molecule has 3 rings (SSSR count). The number of fused-ring (bicyclic) bond motifs is 1. The van der Waals surface area contributed by atoms with Crippen LogP contribution in [0.1, 0.15) is 16.0 Å². The van der Waals surface area contributed by atoms with Crippen LogP contribution < -0.4 is 10.6 Å². The molecule has 0 aliphatic carbocycles. The second-order valence-corrected chi connectivity index (χ2v) is 6.76. The first-order chi connectivity index (χ1) is 12.1. The van der Waals surface area contributed by atoms with E-state index in [1.165, 1.54) is 11.3 Å². The molecule has 0 atom stereocenters. The Balaban J connectivity index is 2.21. The number of aromatic nitrogens is 2. The largest absolute Gasteiger partial charge is 0.395 e. The standard InChI is InChI=1S/C18H19N5OS/c1-11-14(10-20)25-18-15(11)17(23(2)7-8-24)21-16(22-18)13-5-3-12(9-19)4-6-13/h3-6,24H,7-9,19H2,1-2H3. The van der Waals surface area contributed by atoms with Gasteiger partial charge in [-0.15, -0.1) is 11.3 Å². The highest BCUT2D eigenvalue weighted by Gasteiger charge is 2.19. The van der Waals surface area contributed by atoms with Crippen molar-refractivity contribution in [3.63, 3.8) is 0 Å². The number of hydrogen-bond acceptors (Lipinski definition) is 7. The second kappa shape index (κ2) is 7.15. The average Bonchev–Trinajstić information content (AvgIpc) is 2.97. The summed E-state index contributed by atoms with van der Waals surface area (Å²) in [6.07, 6.45) is 0. The first-order valence-electron chi connectivity index (χ1n) is 7.91. The van der Waals surface area contributed by atoms with Gasteiger partial charge in [0.1, 0.15) is 21.6 Å². The number of anilines is 1. The normalized spacial score (nSPS) is 10.8. The van der Waals surface area contributed by atoms with Gasteiger partial charge in [0.15, 0.2) is 5.82 Å². The van der Waals surface area contributed by atoms with E-state index in [4.69, 9.17) is 10.7 Å². The lowest BCUT2D eigenvalue weighted by atomic mass is 10.1. The Labute approximate surface area is 150 Å². The lowest BCUT2D eigenvalue weighted by Gasteiger charge is -2.19. The molecule has 2 aromatic heterocycles. The fraction of sp³-hybridized carbons (Fsp3) is 0.278. The minimum atomic E-state index is 0.0246.